The summed E-state index contributed by atoms with van der Waals surface area (Å²) in [4.78, 5) is 7.11. The van der Waals surface area contributed by atoms with E-state index in [0.29, 0.717) is 18.5 Å². The average Bonchev–Trinajstić information content (AvgIpc) is 2.75. The number of rotatable bonds is 8. The summed E-state index contributed by atoms with van der Waals surface area (Å²) in [5.74, 6) is 0.627. The fourth-order valence-electron chi connectivity index (χ4n) is 3.75. The van der Waals surface area contributed by atoms with Crippen LogP contribution >= 0.6 is 0 Å². The molecule has 5 nitrogen and oxygen atoms in total. The van der Waals surface area contributed by atoms with Crippen LogP contribution in [0.15, 0.2) is 48.5 Å². The zero-order valence-electron chi connectivity index (χ0n) is 18.1. The van der Waals surface area contributed by atoms with Crippen LogP contribution in [0.4, 0.5) is 5.69 Å². The van der Waals surface area contributed by atoms with Gasteiger partial charge in [-0.15, -0.1) is 5.10 Å². The Balaban J connectivity index is 1.69. The van der Waals surface area contributed by atoms with Crippen molar-refractivity contribution in [3.8, 4) is 28.5 Å². The lowest BCUT2D eigenvalue weighted by Crippen LogP contribution is -2.21. The molecule has 1 aliphatic carbocycles. The number of hydrogen-bond donors (Lipinski definition) is 0. The Morgan fingerprint density at radius 1 is 0.867 bits per heavy atom. The highest BCUT2D eigenvalue weighted by Crippen LogP contribution is 2.32. The molecule has 1 heterocycles. The fraction of sp³-hybridized carbons (Fsp3) is 0.400. The predicted octanol–water partition coefficient (Wildman–Crippen LogP) is 5.54. The molecular formula is C25H30N4O. The van der Waals surface area contributed by atoms with E-state index in [9.17, 15) is 0 Å². The molecule has 1 aromatic heterocycles. The maximum absolute atomic E-state index is 5.89. The van der Waals surface area contributed by atoms with Crippen LogP contribution in [0.2, 0.25) is 0 Å². The smallest absolute Gasteiger partial charge is 0.336 e. The van der Waals surface area contributed by atoms with Gasteiger partial charge in [-0.3, -0.25) is 0 Å². The van der Waals surface area contributed by atoms with E-state index in [1.807, 2.05) is 0 Å². The first kappa shape index (κ1) is 20.3. The molecule has 4 rings (SSSR count). The van der Waals surface area contributed by atoms with Crippen molar-refractivity contribution in [2.24, 2.45) is 5.92 Å². The van der Waals surface area contributed by atoms with Gasteiger partial charge in [0.05, 0.1) is 6.61 Å². The van der Waals surface area contributed by atoms with E-state index < -0.39 is 0 Å². The maximum atomic E-state index is 5.89. The molecule has 0 aliphatic heterocycles. The summed E-state index contributed by atoms with van der Waals surface area (Å²) in [5, 5.41) is 8.79. The van der Waals surface area contributed by atoms with Crippen LogP contribution in [-0.2, 0) is 0 Å². The summed E-state index contributed by atoms with van der Waals surface area (Å²) in [6.07, 6.45) is 3.76. The van der Waals surface area contributed by atoms with E-state index in [1.165, 1.54) is 30.5 Å². The number of aryl methyl sites for hydroxylation is 1. The van der Waals surface area contributed by atoms with Gasteiger partial charge in [0, 0.05) is 29.9 Å². The third-order valence-electron chi connectivity index (χ3n) is 5.93. The van der Waals surface area contributed by atoms with Gasteiger partial charge in [0.15, 0.2) is 0 Å². The number of hydrogen-bond acceptors (Lipinski definition) is 5. The quantitative estimate of drug-likeness (QED) is 0.495. The molecule has 0 bridgehead atoms. The normalized spacial score (nSPS) is 13.7. The highest BCUT2D eigenvalue weighted by molar-refractivity contribution is 5.78. The van der Waals surface area contributed by atoms with Crippen molar-refractivity contribution in [2.75, 3.05) is 24.6 Å². The van der Waals surface area contributed by atoms with Gasteiger partial charge >= 0.3 is 6.01 Å². The molecule has 0 N–H and O–H groups in total. The fourth-order valence-corrected chi connectivity index (χ4v) is 3.75. The second-order valence-electron chi connectivity index (χ2n) is 7.98. The number of benzene rings is 2. The SMILES string of the molecule is CCN(CC)c1ccc(-c2nc(OCC3CCC3)nnc2-c2ccc(C)cc2)cc1. The molecule has 2 aromatic carbocycles. The summed E-state index contributed by atoms with van der Waals surface area (Å²) in [6.45, 7) is 9.07. The monoisotopic (exact) mass is 402 g/mol. The Hall–Kier alpha value is -2.95. The van der Waals surface area contributed by atoms with E-state index in [2.05, 4.69) is 84.4 Å². The second kappa shape index (κ2) is 9.24. The first-order valence-corrected chi connectivity index (χ1v) is 11.0. The zero-order chi connectivity index (χ0) is 20.9. The summed E-state index contributed by atoms with van der Waals surface area (Å²) < 4.78 is 5.89. The van der Waals surface area contributed by atoms with Crippen LogP contribution in [0.1, 0.15) is 38.7 Å². The van der Waals surface area contributed by atoms with Crippen molar-refractivity contribution in [1.29, 1.82) is 0 Å². The summed E-state index contributed by atoms with van der Waals surface area (Å²) >= 11 is 0. The van der Waals surface area contributed by atoms with E-state index in [4.69, 9.17) is 9.72 Å². The minimum atomic E-state index is 0.362. The molecule has 5 heteroatoms. The number of nitrogens with zero attached hydrogens (tertiary/aromatic N) is 4. The van der Waals surface area contributed by atoms with Crippen LogP contribution in [0.3, 0.4) is 0 Å². The zero-order valence-corrected chi connectivity index (χ0v) is 18.1. The molecule has 0 unspecified atom stereocenters. The van der Waals surface area contributed by atoms with Crippen molar-refractivity contribution in [3.05, 3.63) is 54.1 Å². The van der Waals surface area contributed by atoms with Crippen LogP contribution < -0.4 is 9.64 Å². The standard InChI is InChI=1S/C25H30N4O/c1-4-29(5-2)22-15-13-20(14-16-22)23-24(21-11-9-18(3)10-12-21)27-28-25(26-23)30-17-19-7-6-8-19/h9-16,19H,4-8,17H2,1-3H3. The lowest BCUT2D eigenvalue weighted by molar-refractivity contribution is 0.169. The Labute approximate surface area is 179 Å². The van der Waals surface area contributed by atoms with Crippen molar-refractivity contribution >= 4 is 5.69 Å². The van der Waals surface area contributed by atoms with Gasteiger partial charge in [-0.05, 0) is 51.7 Å². The molecule has 156 valence electrons. The van der Waals surface area contributed by atoms with E-state index in [-0.39, 0.29) is 0 Å². The van der Waals surface area contributed by atoms with Gasteiger partial charge in [0.25, 0.3) is 0 Å². The van der Waals surface area contributed by atoms with Crippen molar-refractivity contribution < 1.29 is 4.74 Å². The largest absolute Gasteiger partial charge is 0.462 e. The molecule has 0 spiro atoms. The number of aromatic nitrogens is 3. The highest BCUT2D eigenvalue weighted by atomic mass is 16.5. The van der Waals surface area contributed by atoms with Gasteiger partial charge in [0.2, 0.25) is 0 Å². The first-order valence-electron chi connectivity index (χ1n) is 11.0. The van der Waals surface area contributed by atoms with Crippen LogP contribution in [0.25, 0.3) is 22.5 Å². The second-order valence-corrected chi connectivity index (χ2v) is 7.98. The topological polar surface area (TPSA) is 51.1 Å². The van der Waals surface area contributed by atoms with Gasteiger partial charge in [0.1, 0.15) is 11.4 Å². The molecular weight excluding hydrogens is 372 g/mol. The molecule has 1 aliphatic rings. The third-order valence-corrected chi connectivity index (χ3v) is 5.93. The average molecular weight is 403 g/mol. The Kier molecular flexibility index (Phi) is 6.26. The number of anilines is 1. The van der Waals surface area contributed by atoms with E-state index >= 15 is 0 Å². The van der Waals surface area contributed by atoms with Crippen molar-refractivity contribution in [3.63, 3.8) is 0 Å². The molecule has 1 saturated carbocycles. The minimum Gasteiger partial charge on any atom is -0.462 e. The molecule has 0 amide bonds. The van der Waals surface area contributed by atoms with Crippen LogP contribution in [0.5, 0.6) is 6.01 Å². The minimum absolute atomic E-state index is 0.362. The number of ether oxygens (including phenoxy) is 1. The Bertz CT molecular complexity index is 961. The van der Waals surface area contributed by atoms with Crippen molar-refractivity contribution in [1.82, 2.24) is 15.2 Å². The van der Waals surface area contributed by atoms with Crippen LogP contribution in [0, 0.1) is 12.8 Å². The van der Waals surface area contributed by atoms with Gasteiger partial charge < -0.3 is 9.64 Å². The lowest BCUT2D eigenvalue weighted by atomic mass is 9.86. The van der Waals surface area contributed by atoms with Gasteiger partial charge in [-0.25, -0.2) is 0 Å². The predicted molar refractivity (Wildman–Crippen MR) is 122 cm³/mol. The Morgan fingerprint density at radius 3 is 2.10 bits per heavy atom. The maximum Gasteiger partial charge on any atom is 0.336 e. The summed E-state index contributed by atoms with van der Waals surface area (Å²) in [7, 11) is 0. The molecule has 3 aromatic rings. The van der Waals surface area contributed by atoms with Crippen LogP contribution in [-0.4, -0.2) is 34.9 Å². The lowest BCUT2D eigenvalue weighted by Gasteiger charge is -2.24. The van der Waals surface area contributed by atoms with Crippen molar-refractivity contribution in [2.45, 2.75) is 40.0 Å². The Morgan fingerprint density at radius 2 is 1.50 bits per heavy atom. The highest BCUT2D eigenvalue weighted by Gasteiger charge is 2.20. The van der Waals surface area contributed by atoms with E-state index in [1.54, 1.807) is 0 Å². The first-order chi connectivity index (χ1) is 14.7. The van der Waals surface area contributed by atoms with E-state index in [0.717, 1.165) is 35.6 Å². The molecule has 0 radical (unpaired) electrons. The molecule has 30 heavy (non-hydrogen) atoms. The summed E-state index contributed by atoms with van der Waals surface area (Å²) in [5.41, 5.74) is 6.04. The molecule has 1 fully saturated rings. The molecule has 0 saturated heterocycles. The van der Waals surface area contributed by atoms with Gasteiger partial charge in [-0.1, -0.05) is 53.5 Å². The summed E-state index contributed by atoms with van der Waals surface area (Å²) in [6, 6.07) is 17.2. The van der Waals surface area contributed by atoms with Gasteiger partial charge in [-0.2, -0.15) is 4.98 Å². The third kappa shape index (κ3) is 4.45. The molecule has 0 atom stereocenters.